The highest BCUT2D eigenvalue weighted by atomic mass is 19.3. The van der Waals surface area contributed by atoms with Crippen LogP contribution >= 0.6 is 0 Å². The predicted octanol–water partition coefficient (Wildman–Crippen LogP) is 5.41. The third kappa shape index (κ3) is 7.43. The van der Waals surface area contributed by atoms with Crippen LogP contribution in [0.3, 0.4) is 0 Å². The van der Waals surface area contributed by atoms with E-state index in [9.17, 15) is 13.9 Å². The van der Waals surface area contributed by atoms with Crippen molar-refractivity contribution in [1.29, 1.82) is 0 Å². The van der Waals surface area contributed by atoms with Gasteiger partial charge in [-0.2, -0.15) is 0 Å². The molecular weight excluding hydrogens is 478 g/mol. The number of benzene rings is 3. The first kappa shape index (κ1) is 27.4. The van der Waals surface area contributed by atoms with Gasteiger partial charge in [0, 0.05) is 5.92 Å². The molecule has 4 rings (SSSR count). The molecule has 0 unspecified atom stereocenters. The second-order valence-corrected chi connectivity index (χ2v) is 9.40. The lowest BCUT2D eigenvalue weighted by atomic mass is 9.85. The average molecular weight is 513 g/mol. The molecule has 7 heteroatoms. The summed E-state index contributed by atoms with van der Waals surface area (Å²) in [7, 11) is 0. The number of alkyl halides is 2. The van der Waals surface area contributed by atoms with E-state index in [1.807, 2.05) is 91.0 Å². The van der Waals surface area contributed by atoms with Gasteiger partial charge in [-0.1, -0.05) is 97.9 Å². The first-order valence-corrected chi connectivity index (χ1v) is 12.5. The van der Waals surface area contributed by atoms with Gasteiger partial charge in [0.15, 0.2) is 0 Å². The zero-order valence-corrected chi connectivity index (χ0v) is 20.9. The standard InChI is InChI=1S/C30H34F2O5/c1-22-27(35-18-24-13-7-3-8-14-24)28(36-19-25-15-9-4-10-16-25)26(37-29(22)30(31,32)21-33)20-34-17-23-11-5-2-6-12-23/h2-16,22,26-29,33H,17-21H2,1H3/t22-,26-,27-,28-,29-/m1/s1. The molecule has 37 heavy (non-hydrogen) atoms. The second-order valence-electron chi connectivity index (χ2n) is 9.40. The quantitative estimate of drug-likeness (QED) is 0.352. The van der Waals surface area contributed by atoms with Gasteiger partial charge in [-0.05, 0) is 16.7 Å². The van der Waals surface area contributed by atoms with Crippen molar-refractivity contribution in [3.8, 4) is 0 Å². The van der Waals surface area contributed by atoms with Crippen LogP contribution in [0.1, 0.15) is 23.6 Å². The highest BCUT2D eigenvalue weighted by Crippen LogP contribution is 2.38. The number of hydrogen-bond donors (Lipinski definition) is 1. The Morgan fingerprint density at radius 2 is 1.19 bits per heavy atom. The molecule has 3 aromatic carbocycles. The summed E-state index contributed by atoms with van der Waals surface area (Å²) in [6.07, 6.45) is -3.77. The predicted molar refractivity (Wildman–Crippen MR) is 136 cm³/mol. The fraction of sp³-hybridized carbons (Fsp3) is 0.400. The van der Waals surface area contributed by atoms with Crippen LogP contribution in [0.4, 0.5) is 8.78 Å². The number of ether oxygens (including phenoxy) is 4. The molecule has 0 bridgehead atoms. The maximum atomic E-state index is 14.9. The van der Waals surface area contributed by atoms with Crippen molar-refractivity contribution >= 4 is 0 Å². The van der Waals surface area contributed by atoms with E-state index in [2.05, 4.69) is 0 Å². The van der Waals surface area contributed by atoms with Crippen molar-refractivity contribution < 1.29 is 32.8 Å². The molecule has 1 saturated heterocycles. The molecule has 198 valence electrons. The first-order valence-electron chi connectivity index (χ1n) is 12.5. The van der Waals surface area contributed by atoms with E-state index in [0.717, 1.165) is 16.7 Å². The van der Waals surface area contributed by atoms with Crippen LogP contribution in [-0.2, 0) is 38.8 Å². The van der Waals surface area contributed by atoms with Crippen molar-refractivity contribution in [2.24, 2.45) is 5.92 Å². The Morgan fingerprint density at radius 1 is 0.730 bits per heavy atom. The Labute approximate surface area is 216 Å². The normalized spacial score (nSPS) is 24.2. The minimum absolute atomic E-state index is 0.0320. The average Bonchev–Trinajstić information content (AvgIpc) is 2.93. The minimum atomic E-state index is -3.45. The van der Waals surface area contributed by atoms with E-state index in [0.29, 0.717) is 6.61 Å². The molecule has 1 heterocycles. The molecule has 0 radical (unpaired) electrons. The third-order valence-corrected chi connectivity index (χ3v) is 6.60. The van der Waals surface area contributed by atoms with Crippen LogP contribution < -0.4 is 0 Å². The molecule has 0 aliphatic carbocycles. The SMILES string of the molecule is C[C@@H]1[C@@H](OCc2ccccc2)[C@H](OCc2ccccc2)[C@@H](COCc2ccccc2)O[C@H]1C(F)(F)CO. The topological polar surface area (TPSA) is 57.2 Å². The van der Waals surface area contributed by atoms with Crippen LogP contribution in [-0.4, -0.2) is 48.7 Å². The Balaban J connectivity index is 1.56. The van der Waals surface area contributed by atoms with Crippen molar-refractivity contribution in [3.63, 3.8) is 0 Å². The van der Waals surface area contributed by atoms with Crippen LogP contribution in [0.5, 0.6) is 0 Å². The maximum Gasteiger partial charge on any atom is 0.296 e. The number of halogens is 2. The van der Waals surface area contributed by atoms with Gasteiger partial charge < -0.3 is 24.1 Å². The summed E-state index contributed by atoms with van der Waals surface area (Å²) in [6, 6.07) is 28.8. The molecule has 1 aliphatic heterocycles. The number of rotatable bonds is 12. The van der Waals surface area contributed by atoms with E-state index < -0.39 is 42.9 Å². The molecule has 0 aromatic heterocycles. The fourth-order valence-electron chi connectivity index (χ4n) is 4.63. The highest BCUT2D eigenvalue weighted by molar-refractivity contribution is 5.15. The van der Waals surface area contributed by atoms with E-state index in [-0.39, 0.29) is 19.8 Å². The number of aliphatic hydroxyl groups excluding tert-OH is 1. The summed E-state index contributed by atoms with van der Waals surface area (Å²) in [4.78, 5) is 0. The maximum absolute atomic E-state index is 14.9. The van der Waals surface area contributed by atoms with Gasteiger partial charge in [0.2, 0.25) is 0 Å². The molecular formula is C30H34F2O5. The molecule has 0 spiro atoms. The minimum Gasteiger partial charge on any atom is -0.390 e. The number of aliphatic hydroxyl groups is 1. The summed E-state index contributed by atoms with van der Waals surface area (Å²) < 4.78 is 54.1. The van der Waals surface area contributed by atoms with E-state index in [4.69, 9.17) is 18.9 Å². The van der Waals surface area contributed by atoms with Crippen molar-refractivity contribution in [3.05, 3.63) is 108 Å². The molecule has 1 fully saturated rings. The lowest BCUT2D eigenvalue weighted by Gasteiger charge is -2.47. The molecule has 5 nitrogen and oxygen atoms in total. The van der Waals surface area contributed by atoms with E-state index in [1.165, 1.54) is 0 Å². The summed E-state index contributed by atoms with van der Waals surface area (Å²) >= 11 is 0. The van der Waals surface area contributed by atoms with E-state index >= 15 is 0 Å². The summed E-state index contributed by atoms with van der Waals surface area (Å²) in [5, 5.41) is 9.45. The zero-order chi connectivity index (χ0) is 26.1. The van der Waals surface area contributed by atoms with Crippen molar-refractivity contribution in [2.75, 3.05) is 13.2 Å². The van der Waals surface area contributed by atoms with Gasteiger partial charge in [0.25, 0.3) is 5.92 Å². The molecule has 0 saturated carbocycles. The third-order valence-electron chi connectivity index (χ3n) is 6.60. The molecule has 0 amide bonds. The second kappa shape index (κ2) is 13.2. The Bertz CT molecular complexity index is 1050. The van der Waals surface area contributed by atoms with Crippen LogP contribution in [0, 0.1) is 5.92 Å². The monoisotopic (exact) mass is 512 g/mol. The van der Waals surface area contributed by atoms with Gasteiger partial charge >= 0.3 is 0 Å². The van der Waals surface area contributed by atoms with Crippen LogP contribution in [0.25, 0.3) is 0 Å². The lowest BCUT2D eigenvalue weighted by molar-refractivity contribution is -0.288. The smallest absolute Gasteiger partial charge is 0.296 e. The van der Waals surface area contributed by atoms with Gasteiger partial charge in [-0.25, -0.2) is 8.78 Å². The van der Waals surface area contributed by atoms with Crippen LogP contribution in [0.15, 0.2) is 91.0 Å². The van der Waals surface area contributed by atoms with E-state index in [1.54, 1.807) is 6.92 Å². The zero-order valence-electron chi connectivity index (χ0n) is 20.9. The molecule has 5 atom stereocenters. The Kier molecular flexibility index (Phi) is 9.77. The fourth-order valence-corrected chi connectivity index (χ4v) is 4.63. The summed E-state index contributed by atoms with van der Waals surface area (Å²) in [6.45, 7) is 1.17. The Hall–Kier alpha value is -2.68. The van der Waals surface area contributed by atoms with Gasteiger partial charge in [-0.3, -0.25) is 0 Å². The summed E-state index contributed by atoms with van der Waals surface area (Å²) in [5.41, 5.74) is 2.83. The lowest BCUT2D eigenvalue weighted by Crippen LogP contribution is -2.61. The van der Waals surface area contributed by atoms with Crippen LogP contribution in [0.2, 0.25) is 0 Å². The van der Waals surface area contributed by atoms with Gasteiger partial charge in [0.1, 0.15) is 24.9 Å². The largest absolute Gasteiger partial charge is 0.390 e. The van der Waals surface area contributed by atoms with Gasteiger partial charge in [-0.15, -0.1) is 0 Å². The molecule has 1 N–H and O–H groups in total. The Morgan fingerprint density at radius 3 is 1.68 bits per heavy atom. The molecule has 3 aromatic rings. The first-order chi connectivity index (χ1) is 18.0. The number of hydrogen-bond acceptors (Lipinski definition) is 5. The molecule has 1 aliphatic rings. The van der Waals surface area contributed by atoms with Crippen molar-refractivity contribution in [2.45, 2.75) is 57.1 Å². The highest BCUT2D eigenvalue weighted by Gasteiger charge is 2.54. The summed E-state index contributed by atoms with van der Waals surface area (Å²) in [5.74, 6) is -4.20. The van der Waals surface area contributed by atoms with Crippen molar-refractivity contribution in [1.82, 2.24) is 0 Å². The van der Waals surface area contributed by atoms with Gasteiger partial charge in [0.05, 0.1) is 32.5 Å².